The zero-order valence-corrected chi connectivity index (χ0v) is 37.4. The predicted octanol–water partition coefficient (Wildman–Crippen LogP) is 2.90. The van der Waals surface area contributed by atoms with E-state index in [1.165, 1.54) is 50.4 Å². The summed E-state index contributed by atoms with van der Waals surface area (Å²) in [6.07, 6.45) is -2.52. The second-order valence-electron chi connectivity index (χ2n) is 14.7. The van der Waals surface area contributed by atoms with Gasteiger partial charge in [-0.3, -0.25) is 34.2 Å². The SMILES string of the molecule is COc1ccc(N(Cc2ccc(C(=O)CN)cn2)C(=O)N2CCS(=O)(=O)CC2)cc1.COc1ccc(N(Cc2ccc(C(=O)CNC(=O)C(F)(F)F)cn2)C(=O)N2CCS(=O)(=O)CC2)cc1. The highest BCUT2D eigenvalue weighted by atomic mass is 32.2. The number of urea groups is 2. The van der Waals surface area contributed by atoms with Crippen molar-refractivity contribution in [2.45, 2.75) is 19.3 Å². The highest BCUT2D eigenvalue weighted by Gasteiger charge is 2.38. The van der Waals surface area contributed by atoms with Crippen LogP contribution >= 0.6 is 0 Å². The van der Waals surface area contributed by atoms with E-state index in [2.05, 4.69) is 9.97 Å². The van der Waals surface area contributed by atoms with E-state index in [0.29, 0.717) is 39.8 Å². The fraction of sp³-hybridized carbons (Fsp3) is 0.357. The monoisotopic (exact) mass is 960 g/mol. The third kappa shape index (κ3) is 13.9. The number of ketones is 2. The van der Waals surface area contributed by atoms with Crippen LogP contribution in [0, 0.1) is 0 Å². The van der Waals surface area contributed by atoms with E-state index in [1.54, 1.807) is 67.8 Å². The van der Waals surface area contributed by atoms with Crippen LogP contribution in [0.3, 0.4) is 0 Å². The van der Waals surface area contributed by atoms with Gasteiger partial charge in [-0.1, -0.05) is 0 Å². The summed E-state index contributed by atoms with van der Waals surface area (Å²) >= 11 is 0. The van der Waals surface area contributed by atoms with E-state index in [9.17, 15) is 54.0 Å². The topological polar surface area (TPSA) is 249 Å². The molecule has 3 N–H and O–H groups in total. The molecule has 2 aromatic heterocycles. The van der Waals surface area contributed by atoms with Crippen LogP contribution in [0.1, 0.15) is 32.1 Å². The van der Waals surface area contributed by atoms with Gasteiger partial charge in [0.2, 0.25) is 0 Å². The molecule has 0 radical (unpaired) electrons. The van der Waals surface area contributed by atoms with Gasteiger partial charge in [-0.05, 0) is 72.8 Å². The Morgan fingerprint density at radius 2 is 1.02 bits per heavy atom. The highest BCUT2D eigenvalue weighted by molar-refractivity contribution is 7.91. The molecule has 2 aromatic carbocycles. The highest BCUT2D eigenvalue weighted by Crippen LogP contribution is 2.25. The van der Waals surface area contributed by atoms with Crippen molar-refractivity contribution in [1.82, 2.24) is 25.1 Å². The summed E-state index contributed by atoms with van der Waals surface area (Å²) in [5, 5.41) is 1.50. The number of pyridine rings is 2. The average Bonchev–Trinajstić information content (AvgIpc) is 3.31. The lowest BCUT2D eigenvalue weighted by molar-refractivity contribution is -0.173. The number of alkyl halides is 3. The number of carbonyl (C=O) groups is 5. The Hall–Kier alpha value is -6.66. The van der Waals surface area contributed by atoms with Crippen molar-refractivity contribution in [2.75, 3.05) is 86.3 Å². The van der Waals surface area contributed by atoms with Crippen LogP contribution in [-0.4, -0.2) is 149 Å². The quantitative estimate of drug-likeness (QED) is 0.183. The van der Waals surface area contributed by atoms with E-state index in [1.807, 2.05) is 0 Å². The van der Waals surface area contributed by atoms with Crippen molar-refractivity contribution in [2.24, 2.45) is 5.73 Å². The molecule has 2 fully saturated rings. The molecule has 4 heterocycles. The number of aromatic nitrogens is 2. The normalized spacial score (nSPS) is 15.3. The van der Waals surface area contributed by atoms with Gasteiger partial charge >= 0.3 is 24.1 Å². The van der Waals surface area contributed by atoms with Gasteiger partial charge in [0.25, 0.3) is 0 Å². The van der Waals surface area contributed by atoms with Crippen LogP contribution in [0.15, 0.2) is 85.2 Å². The van der Waals surface area contributed by atoms with Gasteiger partial charge in [0.15, 0.2) is 31.2 Å². The van der Waals surface area contributed by atoms with Gasteiger partial charge in [-0.25, -0.2) is 26.4 Å². The maximum atomic E-state index is 13.3. The number of benzene rings is 2. The van der Waals surface area contributed by atoms with Gasteiger partial charge < -0.3 is 30.3 Å². The number of amides is 5. The number of hydrogen-bond acceptors (Lipinski definition) is 14. The van der Waals surface area contributed by atoms with E-state index in [-0.39, 0.29) is 86.2 Å². The lowest BCUT2D eigenvalue weighted by atomic mass is 10.1. The number of halogens is 3. The summed E-state index contributed by atoms with van der Waals surface area (Å²) in [6, 6.07) is 18.9. The minimum Gasteiger partial charge on any atom is -0.497 e. The first-order valence-electron chi connectivity index (χ1n) is 20.1. The first-order chi connectivity index (χ1) is 31.2. The lowest BCUT2D eigenvalue weighted by Crippen LogP contribution is -2.49. The van der Waals surface area contributed by atoms with E-state index < -0.39 is 50.1 Å². The van der Waals surface area contributed by atoms with Gasteiger partial charge in [-0.2, -0.15) is 13.2 Å². The Morgan fingerprint density at radius 1 is 0.636 bits per heavy atom. The first-order valence-corrected chi connectivity index (χ1v) is 23.7. The molecule has 24 heteroatoms. The maximum Gasteiger partial charge on any atom is 0.471 e. The number of anilines is 2. The second kappa shape index (κ2) is 22.0. The van der Waals surface area contributed by atoms with Crippen LogP contribution in [-0.2, 0) is 37.6 Å². The van der Waals surface area contributed by atoms with Crippen LogP contribution in [0.5, 0.6) is 11.5 Å². The van der Waals surface area contributed by atoms with Gasteiger partial charge in [0.1, 0.15) is 11.5 Å². The molecule has 2 aliphatic rings. The van der Waals surface area contributed by atoms with Crippen molar-refractivity contribution >= 4 is 60.6 Å². The molecular formula is C42H47F3N8O11S2. The third-order valence-electron chi connectivity index (χ3n) is 10.2. The standard InChI is InChI=1S/C22H23F3N4O6S.C20H24N4O5S/c1-35-18-6-4-17(5-7-18)29(21(32)28-8-10-36(33,34)11-9-28)14-16-3-2-15(12-26-16)19(30)13-27-20(31)22(23,24)25;1-29-18-6-4-17(5-7-18)24(20(26)23-8-10-30(27,28)11-9-23)14-16-3-2-15(13-22-16)19(25)12-21/h2-7,12H,8-11,13-14H2,1H3,(H,27,31);2-7,13H,8-12,14,21H2,1H3. The number of carbonyl (C=O) groups excluding carboxylic acids is 5. The minimum absolute atomic E-state index is 0.0233. The zero-order valence-electron chi connectivity index (χ0n) is 35.8. The van der Waals surface area contributed by atoms with E-state index in [4.69, 9.17) is 15.2 Å². The summed E-state index contributed by atoms with van der Waals surface area (Å²) in [4.78, 5) is 75.5. The predicted molar refractivity (Wildman–Crippen MR) is 235 cm³/mol. The summed E-state index contributed by atoms with van der Waals surface area (Å²) in [5.41, 5.74) is 7.82. The zero-order chi connectivity index (χ0) is 48.2. The number of sulfone groups is 2. The number of ether oxygens (including phenoxy) is 2. The minimum atomic E-state index is -5.10. The maximum absolute atomic E-state index is 13.3. The van der Waals surface area contributed by atoms with Crippen molar-refractivity contribution < 1.29 is 63.5 Å². The number of nitrogens with two attached hydrogens (primary N) is 1. The number of nitrogens with zero attached hydrogens (tertiary/aromatic N) is 6. The molecule has 354 valence electrons. The van der Waals surface area contributed by atoms with Crippen molar-refractivity contribution in [3.63, 3.8) is 0 Å². The fourth-order valence-corrected chi connectivity index (χ4v) is 8.78. The molecular weight excluding hydrogens is 914 g/mol. The lowest BCUT2D eigenvalue weighted by Gasteiger charge is -2.33. The van der Waals surface area contributed by atoms with Crippen molar-refractivity contribution in [3.8, 4) is 11.5 Å². The molecule has 0 unspecified atom stereocenters. The summed E-state index contributed by atoms with van der Waals surface area (Å²) in [7, 11) is -3.26. The number of methoxy groups -OCH3 is 2. The van der Waals surface area contributed by atoms with Gasteiger partial charge in [0.05, 0.1) is 74.8 Å². The van der Waals surface area contributed by atoms with Crippen LogP contribution in [0.25, 0.3) is 0 Å². The van der Waals surface area contributed by atoms with E-state index >= 15 is 0 Å². The number of nitrogens with one attached hydrogen (secondary N) is 1. The Labute approximate surface area is 378 Å². The third-order valence-corrected chi connectivity index (χ3v) is 13.5. The molecule has 0 saturated carbocycles. The molecule has 0 spiro atoms. The van der Waals surface area contributed by atoms with Crippen molar-refractivity contribution in [3.05, 3.63) is 108 Å². The van der Waals surface area contributed by atoms with Crippen molar-refractivity contribution in [1.29, 1.82) is 0 Å². The van der Waals surface area contributed by atoms with Gasteiger partial charge in [0, 0.05) is 61.1 Å². The number of rotatable bonds is 13. The van der Waals surface area contributed by atoms with Crippen LogP contribution in [0.2, 0.25) is 0 Å². The summed E-state index contributed by atoms with van der Waals surface area (Å²) in [6.45, 7) is -0.463. The molecule has 66 heavy (non-hydrogen) atoms. The molecule has 5 amide bonds. The largest absolute Gasteiger partial charge is 0.497 e. The molecule has 2 saturated heterocycles. The molecule has 6 rings (SSSR count). The Bertz CT molecular complexity index is 2560. The molecule has 4 aromatic rings. The Morgan fingerprint density at radius 3 is 1.33 bits per heavy atom. The molecule has 19 nitrogen and oxygen atoms in total. The second-order valence-corrected chi connectivity index (χ2v) is 19.3. The summed E-state index contributed by atoms with van der Waals surface area (Å²) < 4.78 is 94.1. The molecule has 2 aliphatic heterocycles. The van der Waals surface area contributed by atoms with Gasteiger partial charge in [-0.15, -0.1) is 0 Å². The molecule has 0 bridgehead atoms. The van der Waals surface area contributed by atoms with E-state index in [0.717, 1.165) is 6.20 Å². The fourth-order valence-electron chi connectivity index (χ4n) is 6.38. The average molecular weight is 961 g/mol. The Balaban J connectivity index is 0.000000251. The smallest absolute Gasteiger partial charge is 0.471 e. The first kappa shape index (κ1) is 50.3. The number of Topliss-reactive ketones (excluding diaryl/α,β-unsaturated/α-hetero) is 2. The van der Waals surface area contributed by atoms with Crippen LogP contribution in [0.4, 0.5) is 34.1 Å². The van der Waals surface area contributed by atoms with Crippen LogP contribution < -0.4 is 30.3 Å². The molecule has 0 atom stereocenters. The Kier molecular flexibility index (Phi) is 16.8. The summed E-state index contributed by atoms with van der Waals surface area (Å²) in [5.74, 6) is -2.39. The number of hydrogen-bond donors (Lipinski definition) is 2. The molecule has 0 aliphatic carbocycles.